The van der Waals surface area contributed by atoms with Gasteiger partial charge in [0, 0.05) is 18.7 Å². The van der Waals surface area contributed by atoms with Gasteiger partial charge in [0.25, 0.3) is 5.91 Å². The average molecular weight is 255 g/mol. The molecule has 2 N–H and O–H groups in total. The van der Waals surface area contributed by atoms with Crippen molar-refractivity contribution >= 4 is 5.91 Å². The van der Waals surface area contributed by atoms with Crippen LogP contribution in [-0.2, 0) is 19.3 Å². The molecule has 0 saturated heterocycles. The van der Waals surface area contributed by atoms with Gasteiger partial charge in [0.2, 0.25) is 0 Å². The van der Waals surface area contributed by atoms with Gasteiger partial charge < -0.3 is 10.3 Å². The first kappa shape index (κ1) is 12.0. The van der Waals surface area contributed by atoms with Crippen molar-refractivity contribution in [2.24, 2.45) is 0 Å². The summed E-state index contributed by atoms with van der Waals surface area (Å²) in [6, 6.07) is 10.3. The van der Waals surface area contributed by atoms with Crippen LogP contribution in [0.4, 0.5) is 0 Å². The minimum atomic E-state index is -0.0466. The molecule has 0 fully saturated rings. The van der Waals surface area contributed by atoms with Gasteiger partial charge in [0.1, 0.15) is 11.5 Å². The molecule has 1 aliphatic rings. The van der Waals surface area contributed by atoms with Crippen LogP contribution < -0.4 is 5.32 Å². The van der Waals surface area contributed by atoms with Crippen LogP contribution in [0.25, 0.3) is 0 Å². The third kappa shape index (κ3) is 2.67. The topological polar surface area (TPSA) is 57.8 Å². The number of nitrogens with one attached hydrogen (secondary N) is 2. The van der Waals surface area contributed by atoms with E-state index in [9.17, 15) is 4.79 Å². The minimum Gasteiger partial charge on any atom is -0.351 e. The maximum Gasteiger partial charge on any atom is 0.271 e. The van der Waals surface area contributed by atoms with Gasteiger partial charge in [-0.25, -0.2) is 4.98 Å². The molecule has 0 atom stereocenters. The highest BCUT2D eigenvalue weighted by molar-refractivity contribution is 5.93. The monoisotopic (exact) mass is 255 g/mol. The number of carbonyl (C=O) groups excluding carboxylic acids is 1. The summed E-state index contributed by atoms with van der Waals surface area (Å²) in [7, 11) is 0. The average Bonchev–Trinajstić information content (AvgIpc) is 2.78. The lowest BCUT2D eigenvalue weighted by atomic mass is 10.1. The third-order valence-corrected chi connectivity index (χ3v) is 3.43. The highest BCUT2D eigenvalue weighted by Gasteiger charge is 2.19. The van der Waals surface area contributed by atoms with E-state index in [2.05, 4.69) is 27.4 Å². The lowest BCUT2D eigenvalue weighted by Crippen LogP contribution is -2.23. The number of carbonyl (C=O) groups is 1. The number of nitrogens with zero attached hydrogens (tertiary/aromatic N) is 1. The Hall–Kier alpha value is -2.10. The van der Waals surface area contributed by atoms with E-state index in [-0.39, 0.29) is 5.91 Å². The van der Waals surface area contributed by atoms with E-state index < -0.39 is 0 Å². The van der Waals surface area contributed by atoms with E-state index in [1.165, 1.54) is 5.56 Å². The van der Waals surface area contributed by atoms with Crippen molar-refractivity contribution in [3.8, 4) is 0 Å². The molecule has 19 heavy (non-hydrogen) atoms. The first-order valence-corrected chi connectivity index (χ1v) is 6.73. The van der Waals surface area contributed by atoms with Gasteiger partial charge in [-0.2, -0.15) is 0 Å². The van der Waals surface area contributed by atoms with Gasteiger partial charge in [-0.05, 0) is 24.8 Å². The molecule has 0 saturated carbocycles. The molecule has 0 bridgehead atoms. The molecule has 4 heteroatoms. The van der Waals surface area contributed by atoms with Crippen molar-refractivity contribution < 1.29 is 4.79 Å². The molecular formula is C15H17N3O. The summed E-state index contributed by atoms with van der Waals surface area (Å²) >= 11 is 0. The fourth-order valence-corrected chi connectivity index (χ4v) is 2.41. The van der Waals surface area contributed by atoms with Gasteiger partial charge in [-0.3, -0.25) is 4.79 Å². The van der Waals surface area contributed by atoms with Crippen LogP contribution in [0.3, 0.4) is 0 Å². The number of benzene rings is 1. The SMILES string of the molecule is O=C1NCCCc2[nH]c(CCc3ccccc3)nc21. The van der Waals surface area contributed by atoms with Crippen molar-refractivity contribution in [2.75, 3.05) is 6.54 Å². The number of rotatable bonds is 3. The molecule has 2 aromatic rings. The number of fused-ring (bicyclic) bond motifs is 1. The largest absolute Gasteiger partial charge is 0.351 e. The summed E-state index contributed by atoms with van der Waals surface area (Å²) in [6.45, 7) is 0.738. The van der Waals surface area contributed by atoms with Gasteiger partial charge in [-0.1, -0.05) is 30.3 Å². The highest BCUT2D eigenvalue weighted by atomic mass is 16.1. The number of aromatic amines is 1. The summed E-state index contributed by atoms with van der Waals surface area (Å²) < 4.78 is 0. The lowest BCUT2D eigenvalue weighted by Gasteiger charge is -1.99. The predicted molar refractivity (Wildman–Crippen MR) is 73.1 cm³/mol. The number of aryl methyl sites for hydroxylation is 3. The number of hydrogen-bond donors (Lipinski definition) is 2. The van der Waals surface area contributed by atoms with Crippen molar-refractivity contribution in [3.05, 3.63) is 53.1 Å². The van der Waals surface area contributed by atoms with Crippen LogP contribution in [-0.4, -0.2) is 22.4 Å². The van der Waals surface area contributed by atoms with Crippen LogP contribution in [0.1, 0.15) is 34.0 Å². The molecule has 1 aromatic carbocycles. The van der Waals surface area contributed by atoms with Crippen LogP contribution in [0.2, 0.25) is 0 Å². The smallest absolute Gasteiger partial charge is 0.271 e. The van der Waals surface area contributed by atoms with E-state index >= 15 is 0 Å². The summed E-state index contributed by atoms with van der Waals surface area (Å²) in [5, 5.41) is 2.87. The fourth-order valence-electron chi connectivity index (χ4n) is 2.41. The number of amides is 1. The molecular weight excluding hydrogens is 238 g/mol. The summed E-state index contributed by atoms with van der Waals surface area (Å²) in [5.41, 5.74) is 2.86. The maximum atomic E-state index is 11.8. The van der Waals surface area contributed by atoms with Crippen LogP contribution in [0, 0.1) is 0 Å². The Balaban J connectivity index is 1.73. The first-order valence-electron chi connectivity index (χ1n) is 6.73. The number of H-pyrrole nitrogens is 1. The molecule has 0 spiro atoms. The lowest BCUT2D eigenvalue weighted by molar-refractivity contribution is 0.0951. The summed E-state index contributed by atoms with van der Waals surface area (Å²) in [6.07, 6.45) is 3.64. The van der Waals surface area contributed by atoms with E-state index in [4.69, 9.17) is 0 Å². The zero-order valence-electron chi connectivity index (χ0n) is 10.8. The quantitative estimate of drug-likeness (QED) is 0.879. The van der Waals surface area contributed by atoms with Crippen molar-refractivity contribution in [1.82, 2.24) is 15.3 Å². The maximum absolute atomic E-state index is 11.8. The van der Waals surface area contributed by atoms with Gasteiger partial charge in [0.15, 0.2) is 0 Å². The molecule has 4 nitrogen and oxygen atoms in total. The zero-order chi connectivity index (χ0) is 13.1. The van der Waals surface area contributed by atoms with E-state index in [1.807, 2.05) is 18.2 Å². The van der Waals surface area contributed by atoms with Gasteiger partial charge in [-0.15, -0.1) is 0 Å². The molecule has 0 aliphatic carbocycles. The Labute approximate surface area is 112 Å². The fraction of sp³-hybridized carbons (Fsp3) is 0.333. The van der Waals surface area contributed by atoms with Crippen molar-refractivity contribution in [1.29, 1.82) is 0 Å². The van der Waals surface area contributed by atoms with E-state index in [0.717, 1.165) is 43.7 Å². The first-order chi connectivity index (χ1) is 9.33. The second-order valence-corrected chi connectivity index (χ2v) is 4.86. The van der Waals surface area contributed by atoms with E-state index in [1.54, 1.807) is 0 Å². The van der Waals surface area contributed by atoms with E-state index in [0.29, 0.717) is 5.69 Å². The second-order valence-electron chi connectivity index (χ2n) is 4.86. The van der Waals surface area contributed by atoms with Crippen LogP contribution in [0.5, 0.6) is 0 Å². The molecule has 1 aromatic heterocycles. The summed E-state index contributed by atoms with van der Waals surface area (Å²) in [4.78, 5) is 19.5. The molecule has 3 rings (SSSR count). The molecule has 0 radical (unpaired) electrons. The Morgan fingerprint density at radius 1 is 1.16 bits per heavy atom. The second kappa shape index (κ2) is 5.26. The number of imidazole rings is 1. The molecule has 1 aliphatic heterocycles. The predicted octanol–water partition coefficient (Wildman–Crippen LogP) is 1.87. The molecule has 98 valence electrons. The van der Waals surface area contributed by atoms with Crippen molar-refractivity contribution in [2.45, 2.75) is 25.7 Å². The number of hydrogen-bond acceptors (Lipinski definition) is 2. The molecule has 2 heterocycles. The Morgan fingerprint density at radius 3 is 2.84 bits per heavy atom. The van der Waals surface area contributed by atoms with Crippen LogP contribution >= 0.6 is 0 Å². The highest BCUT2D eigenvalue weighted by Crippen LogP contribution is 2.13. The minimum absolute atomic E-state index is 0.0466. The Bertz CT molecular complexity index is 574. The Kier molecular flexibility index (Phi) is 3.31. The molecule has 1 amide bonds. The van der Waals surface area contributed by atoms with Crippen LogP contribution in [0.15, 0.2) is 30.3 Å². The third-order valence-electron chi connectivity index (χ3n) is 3.43. The van der Waals surface area contributed by atoms with Gasteiger partial charge in [0.05, 0.1) is 0 Å². The Morgan fingerprint density at radius 2 is 2.00 bits per heavy atom. The summed E-state index contributed by atoms with van der Waals surface area (Å²) in [5.74, 6) is 0.862. The standard InChI is InChI=1S/C15H17N3O/c19-15-14-12(7-4-10-16-15)17-13(18-14)9-8-11-5-2-1-3-6-11/h1-3,5-6H,4,7-10H2,(H,16,19)(H,17,18). The number of aromatic nitrogens is 2. The molecule has 0 unspecified atom stereocenters. The zero-order valence-corrected chi connectivity index (χ0v) is 10.8. The van der Waals surface area contributed by atoms with Crippen molar-refractivity contribution in [3.63, 3.8) is 0 Å². The van der Waals surface area contributed by atoms with Gasteiger partial charge >= 0.3 is 0 Å². The normalized spacial score (nSPS) is 14.6.